The maximum atomic E-state index is 6.06. The molecule has 0 bridgehead atoms. The Morgan fingerprint density at radius 2 is 1.89 bits per heavy atom. The molecular weight excluding hydrogens is 226 g/mol. The van der Waals surface area contributed by atoms with Crippen molar-refractivity contribution in [2.24, 2.45) is 0 Å². The Kier molecular flexibility index (Phi) is 4.93. The van der Waals surface area contributed by atoms with E-state index >= 15 is 0 Å². The van der Waals surface area contributed by atoms with Crippen molar-refractivity contribution < 1.29 is 14.0 Å². The van der Waals surface area contributed by atoms with Gasteiger partial charge in [-0.1, -0.05) is 24.8 Å². The van der Waals surface area contributed by atoms with E-state index in [1.165, 1.54) is 0 Å². The molecule has 0 heterocycles. The molecule has 0 aliphatic heterocycles. The fourth-order valence-electron chi connectivity index (χ4n) is 1.79. The fraction of sp³-hybridized carbons (Fsp3) is 0.467. The van der Waals surface area contributed by atoms with Crippen molar-refractivity contribution in [1.82, 2.24) is 0 Å². The van der Waals surface area contributed by atoms with E-state index < -0.39 is 5.91 Å². The number of hydrogen-bond acceptors (Lipinski definition) is 2. The summed E-state index contributed by atoms with van der Waals surface area (Å²) in [4.78, 5) is 0. The van der Waals surface area contributed by atoms with Gasteiger partial charge in [-0.15, -0.1) is 0 Å². The summed E-state index contributed by atoms with van der Waals surface area (Å²) >= 11 is 0. The Morgan fingerprint density at radius 1 is 1.28 bits per heavy atom. The van der Waals surface area contributed by atoms with Crippen LogP contribution in [0.3, 0.4) is 0 Å². The zero-order valence-electron chi connectivity index (χ0n) is 11.8. The lowest BCUT2D eigenvalue weighted by atomic mass is 10.3. The van der Waals surface area contributed by atoms with Gasteiger partial charge in [-0.2, -0.15) is 0 Å². The van der Waals surface area contributed by atoms with Crippen LogP contribution in [0.5, 0.6) is 5.75 Å². The topological polar surface area (TPSA) is 18.5 Å². The van der Waals surface area contributed by atoms with Crippen LogP contribution in [0.1, 0.15) is 13.8 Å². The molecule has 0 aliphatic carbocycles. The average molecular weight is 250 g/mol. The smallest absolute Gasteiger partial charge is 0.357 e. The van der Waals surface area contributed by atoms with Gasteiger partial charge in [0.25, 0.3) is 0 Å². The van der Waals surface area contributed by atoms with Crippen molar-refractivity contribution >= 4 is 0 Å². The first-order valence-corrected chi connectivity index (χ1v) is 6.27. The van der Waals surface area contributed by atoms with Gasteiger partial charge in [0, 0.05) is 0 Å². The molecule has 0 saturated heterocycles. The van der Waals surface area contributed by atoms with Gasteiger partial charge in [0.1, 0.15) is 12.3 Å². The molecule has 0 N–H and O–H groups in total. The van der Waals surface area contributed by atoms with Crippen molar-refractivity contribution in [3.05, 3.63) is 43.0 Å². The van der Waals surface area contributed by atoms with Crippen molar-refractivity contribution in [1.29, 1.82) is 0 Å². The summed E-state index contributed by atoms with van der Waals surface area (Å²) in [6.07, 6.45) is 1.88. The molecule has 1 atom stereocenters. The van der Waals surface area contributed by atoms with Gasteiger partial charge in [-0.25, -0.2) is 0 Å². The van der Waals surface area contributed by atoms with E-state index in [1.807, 2.05) is 50.3 Å². The highest BCUT2D eigenvalue weighted by molar-refractivity contribution is 5.21. The molecule has 100 valence electrons. The first-order valence-electron chi connectivity index (χ1n) is 6.27. The Hall–Kier alpha value is -1.32. The lowest BCUT2D eigenvalue weighted by Crippen LogP contribution is -2.62. The second-order valence-corrected chi connectivity index (χ2v) is 4.90. The molecule has 0 radical (unpaired) electrons. The minimum absolute atomic E-state index is 0.555. The molecule has 3 heteroatoms. The van der Waals surface area contributed by atoms with Crippen LogP contribution in [0.15, 0.2) is 43.0 Å². The highest BCUT2D eigenvalue weighted by Crippen LogP contribution is 2.26. The van der Waals surface area contributed by atoms with Crippen molar-refractivity contribution in [2.75, 3.05) is 27.2 Å². The van der Waals surface area contributed by atoms with Crippen molar-refractivity contribution in [3.8, 4) is 5.75 Å². The second-order valence-electron chi connectivity index (χ2n) is 4.90. The normalized spacial score (nSPS) is 14.9. The Bertz CT molecular complexity index is 375. The molecule has 1 aromatic rings. The summed E-state index contributed by atoms with van der Waals surface area (Å²) < 4.78 is 12.5. The number of nitrogens with zero attached hydrogens (tertiary/aromatic N) is 1. The van der Waals surface area contributed by atoms with E-state index in [9.17, 15) is 0 Å². The van der Waals surface area contributed by atoms with Gasteiger partial charge in [-0.05, 0) is 25.1 Å². The summed E-state index contributed by atoms with van der Waals surface area (Å²) in [5.41, 5.74) is 0. The Balaban J connectivity index is 2.96. The molecule has 1 unspecified atom stereocenters. The van der Waals surface area contributed by atoms with E-state index in [0.29, 0.717) is 11.1 Å². The average Bonchev–Trinajstić information content (AvgIpc) is 2.30. The summed E-state index contributed by atoms with van der Waals surface area (Å²) in [5, 5.41) is 0. The third-order valence-corrected chi connectivity index (χ3v) is 3.15. The summed E-state index contributed by atoms with van der Waals surface area (Å²) in [5.74, 6) is 0.0771. The van der Waals surface area contributed by atoms with E-state index in [4.69, 9.17) is 9.47 Å². The highest BCUT2D eigenvalue weighted by atomic mass is 16.7. The zero-order chi connectivity index (χ0) is 13.6. The highest BCUT2D eigenvalue weighted by Gasteiger charge is 2.44. The summed E-state index contributed by atoms with van der Waals surface area (Å²) in [6.45, 7) is 9.10. The third-order valence-electron chi connectivity index (χ3n) is 3.15. The minimum Gasteiger partial charge on any atom is -0.417 e. The monoisotopic (exact) mass is 250 g/mol. The van der Waals surface area contributed by atoms with E-state index in [0.717, 1.165) is 12.3 Å². The third kappa shape index (κ3) is 3.34. The van der Waals surface area contributed by atoms with Crippen LogP contribution in [0.25, 0.3) is 0 Å². The molecular formula is C15H24NO2+. The molecule has 0 saturated carbocycles. The quantitative estimate of drug-likeness (QED) is 0.421. The van der Waals surface area contributed by atoms with Gasteiger partial charge >= 0.3 is 5.91 Å². The number of hydrogen-bond donors (Lipinski definition) is 0. The first kappa shape index (κ1) is 14.7. The first-order chi connectivity index (χ1) is 8.45. The number of rotatable bonds is 7. The standard InChI is InChI=1S/C15H24NO2/c1-6-13-16(4,5)15(3,17-7-2)18-14-11-9-8-10-12-14/h6,8-12H,1,7,13H2,2-5H3/q+1. The number of para-hydroxylation sites is 1. The van der Waals surface area contributed by atoms with Crippen LogP contribution in [-0.2, 0) is 4.74 Å². The minimum atomic E-state index is -0.732. The Labute approximate surface area is 110 Å². The maximum absolute atomic E-state index is 6.06. The zero-order valence-corrected chi connectivity index (χ0v) is 11.8. The molecule has 0 aliphatic rings. The number of quaternary nitrogens is 1. The number of likely N-dealkylation sites (N-methyl/N-ethyl adjacent to an activating group) is 1. The summed E-state index contributed by atoms with van der Waals surface area (Å²) in [6, 6.07) is 9.75. The van der Waals surface area contributed by atoms with Gasteiger partial charge in [0.15, 0.2) is 0 Å². The number of benzene rings is 1. The van der Waals surface area contributed by atoms with Gasteiger partial charge < -0.3 is 4.74 Å². The van der Waals surface area contributed by atoms with Crippen LogP contribution in [0, 0.1) is 0 Å². The molecule has 18 heavy (non-hydrogen) atoms. The van der Waals surface area contributed by atoms with Crippen LogP contribution >= 0.6 is 0 Å². The molecule has 3 nitrogen and oxygen atoms in total. The lowest BCUT2D eigenvalue weighted by Gasteiger charge is -2.43. The summed E-state index contributed by atoms with van der Waals surface area (Å²) in [7, 11) is 4.14. The van der Waals surface area contributed by atoms with Gasteiger partial charge in [0.05, 0.1) is 27.6 Å². The predicted octanol–water partition coefficient (Wildman–Crippen LogP) is 3.04. The van der Waals surface area contributed by atoms with Crippen LogP contribution in [-0.4, -0.2) is 37.6 Å². The maximum Gasteiger partial charge on any atom is 0.357 e. The Morgan fingerprint density at radius 3 is 2.39 bits per heavy atom. The van der Waals surface area contributed by atoms with Crippen molar-refractivity contribution in [3.63, 3.8) is 0 Å². The van der Waals surface area contributed by atoms with E-state index in [-0.39, 0.29) is 0 Å². The SMILES string of the molecule is C=CC[N+](C)(C)C(C)(OCC)Oc1ccccc1. The molecule has 1 rings (SSSR count). The van der Waals surface area contributed by atoms with Gasteiger partial charge in [0.2, 0.25) is 0 Å². The van der Waals surface area contributed by atoms with Gasteiger partial charge in [-0.3, -0.25) is 9.22 Å². The van der Waals surface area contributed by atoms with Crippen LogP contribution in [0.4, 0.5) is 0 Å². The molecule has 0 amide bonds. The lowest BCUT2D eigenvalue weighted by molar-refractivity contribution is -0.984. The largest absolute Gasteiger partial charge is 0.417 e. The predicted molar refractivity (Wildman–Crippen MR) is 74.3 cm³/mol. The fourth-order valence-corrected chi connectivity index (χ4v) is 1.79. The van der Waals surface area contributed by atoms with E-state index in [1.54, 1.807) is 0 Å². The van der Waals surface area contributed by atoms with Crippen LogP contribution < -0.4 is 4.74 Å². The second kappa shape index (κ2) is 6.03. The molecule has 1 aromatic carbocycles. The van der Waals surface area contributed by atoms with Crippen molar-refractivity contribution in [2.45, 2.75) is 19.8 Å². The van der Waals surface area contributed by atoms with Crippen LogP contribution in [0.2, 0.25) is 0 Å². The molecule has 0 fully saturated rings. The number of ether oxygens (including phenoxy) is 2. The molecule has 0 aromatic heterocycles. The van der Waals surface area contributed by atoms with E-state index in [2.05, 4.69) is 20.7 Å². The molecule has 0 spiro atoms.